The van der Waals surface area contributed by atoms with Gasteiger partial charge >= 0.3 is 0 Å². The maximum atomic E-state index is 11.5. The zero-order valence-corrected chi connectivity index (χ0v) is 12.6. The summed E-state index contributed by atoms with van der Waals surface area (Å²) in [6.45, 7) is 5.82. The van der Waals surface area contributed by atoms with Gasteiger partial charge < -0.3 is 5.32 Å². The van der Waals surface area contributed by atoms with Crippen molar-refractivity contribution in [2.45, 2.75) is 45.4 Å². The quantitative estimate of drug-likeness (QED) is 0.688. The molecule has 0 spiro atoms. The molecule has 108 valence electrons. The second-order valence-corrected chi connectivity index (χ2v) is 7.36. The van der Waals surface area contributed by atoms with E-state index in [0.29, 0.717) is 12.5 Å². The summed E-state index contributed by atoms with van der Waals surface area (Å²) in [7, 11) is -2.98. The highest BCUT2D eigenvalue weighted by Gasteiger charge is 2.25. The van der Waals surface area contributed by atoms with Crippen LogP contribution in [0, 0.1) is 5.92 Å². The lowest BCUT2D eigenvalue weighted by molar-refractivity contribution is 0.252. The molecule has 0 saturated carbocycles. The van der Waals surface area contributed by atoms with Gasteiger partial charge in [0.2, 0.25) is 10.0 Å². The van der Waals surface area contributed by atoms with Crippen molar-refractivity contribution in [1.82, 2.24) is 9.62 Å². The van der Waals surface area contributed by atoms with Gasteiger partial charge in [0.15, 0.2) is 0 Å². The Morgan fingerprint density at radius 1 is 1.28 bits per heavy atom. The number of rotatable bonds is 8. The number of hydrogen-bond acceptors (Lipinski definition) is 3. The zero-order chi connectivity index (χ0) is 13.4. The smallest absolute Gasteiger partial charge is 0.211 e. The summed E-state index contributed by atoms with van der Waals surface area (Å²) in [5.74, 6) is 0.569. The van der Waals surface area contributed by atoms with Crippen LogP contribution >= 0.6 is 0 Å². The van der Waals surface area contributed by atoms with Gasteiger partial charge in [-0.05, 0) is 51.1 Å². The van der Waals surface area contributed by atoms with Gasteiger partial charge in [0.05, 0.1) is 6.26 Å². The van der Waals surface area contributed by atoms with E-state index < -0.39 is 10.0 Å². The summed E-state index contributed by atoms with van der Waals surface area (Å²) in [4.78, 5) is 0. The van der Waals surface area contributed by atoms with E-state index in [1.807, 2.05) is 0 Å². The predicted molar refractivity (Wildman–Crippen MR) is 76.2 cm³/mol. The van der Waals surface area contributed by atoms with Crippen molar-refractivity contribution >= 4 is 10.0 Å². The minimum Gasteiger partial charge on any atom is -0.317 e. The molecule has 1 N–H and O–H groups in total. The van der Waals surface area contributed by atoms with Crippen molar-refractivity contribution < 1.29 is 8.42 Å². The van der Waals surface area contributed by atoms with E-state index >= 15 is 0 Å². The standard InChI is InChI=1S/C13H28N2O2S/c1-3-9-14-10-5-4-7-13-8-6-11-15(12-13)18(2,16)17/h13-14H,3-12H2,1-2H3. The van der Waals surface area contributed by atoms with Crippen molar-refractivity contribution in [3.05, 3.63) is 0 Å². The van der Waals surface area contributed by atoms with E-state index in [-0.39, 0.29) is 0 Å². The molecule has 0 aromatic carbocycles. The van der Waals surface area contributed by atoms with Crippen molar-refractivity contribution in [2.75, 3.05) is 32.4 Å². The Labute approximate surface area is 112 Å². The first-order valence-corrected chi connectivity index (χ1v) is 9.04. The fourth-order valence-electron chi connectivity index (χ4n) is 2.55. The van der Waals surface area contributed by atoms with Crippen LogP contribution in [0.3, 0.4) is 0 Å². The highest BCUT2D eigenvalue weighted by atomic mass is 32.2. The van der Waals surface area contributed by atoms with E-state index in [1.165, 1.54) is 38.4 Å². The molecule has 5 heteroatoms. The Balaban J connectivity index is 2.15. The van der Waals surface area contributed by atoms with Gasteiger partial charge in [-0.3, -0.25) is 0 Å². The van der Waals surface area contributed by atoms with Crippen molar-refractivity contribution in [1.29, 1.82) is 0 Å². The maximum absolute atomic E-state index is 11.5. The molecule has 0 bridgehead atoms. The molecule has 0 radical (unpaired) electrons. The van der Waals surface area contributed by atoms with Gasteiger partial charge in [-0.2, -0.15) is 0 Å². The highest BCUT2D eigenvalue weighted by Crippen LogP contribution is 2.22. The molecular formula is C13H28N2O2S. The van der Waals surface area contributed by atoms with Crippen molar-refractivity contribution in [3.8, 4) is 0 Å². The maximum Gasteiger partial charge on any atom is 0.211 e. The van der Waals surface area contributed by atoms with Gasteiger partial charge in [-0.25, -0.2) is 12.7 Å². The zero-order valence-electron chi connectivity index (χ0n) is 11.8. The van der Waals surface area contributed by atoms with Gasteiger partial charge in [0, 0.05) is 13.1 Å². The fourth-order valence-corrected chi connectivity index (χ4v) is 3.49. The molecule has 1 rings (SSSR count). The van der Waals surface area contributed by atoms with Crippen molar-refractivity contribution in [3.63, 3.8) is 0 Å². The molecule has 1 fully saturated rings. The van der Waals surface area contributed by atoms with E-state index in [9.17, 15) is 8.42 Å². The molecule has 1 aliphatic rings. The molecule has 0 aromatic heterocycles. The Morgan fingerprint density at radius 3 is 2.72 bits per heavy atom. The molecule has 0 aromatic rings. The average molecular weight is 276 g/mol. The van der Waals surface area contributed by atoms with Crippen LogP contribution in [0.4, 0.5) is 0 Å². The van der Waals surface area contributed by atoms with Gasteiger partial charge in [-0.1, -0.05) is 13.3 Å². The third kappa shape index (κ3) is 6.16. The number of hydrogen-bond donors (Lipinski definition) is 1. The van der Waals surface area contributed by atoms with Crippen LogP contribution in [-0.4, -0.2) is 45.2 Å². The third-order valence-electron chi connectivity index (χ3n) is 3.59. The Hall–Kier alpha value is -0.130. The second-order valence-electron chi connectivity index (χ2n) is 5.38. The van der Waals surface area contributed by atoms with Crippen LogP contribution in [0.25, 0.3) is 0 Å². The average Bonchev–Trinajstić information content (AvgIpc) is 2.33. The van der Waals surface area contributed by atoms with E-state index in [4.69, 9.17) is 0 Å². The lowest BCUT2D eigenvalue weighted by Crippen LogP contribution is -2.39. The molecule has 4 nitrogen and oxygen atoms in total. The molecule has 1 heterocycles. The summed E-state index contributed by atoms with van der Waals surface area (Å²) in [6, 6.07) is 0. The minimum atomic E-state index is -2.98. The van der Waals surface area contributed by atoms with Gasteiger partial charge in [-0.15, -0.1) is 0 Å². The molecule has 0 aliphatic carbocycles. The van der Waals surface area contributed by atoms with Crippen LogP contribution < -0.4 is 5.32 Å². The molecule has 1 unspecified atom stereocenters. The number of nitrogens with one attached hydrogen (secondary N) is 1. The minimum absolute atomic E-state index is 0.569. The Bertz CT molecular complexity index is 317. The SMILES string of the molecule is CCCNCCCCC1CCCN(S(C)(=O)=O)C1. The van der Waals surface area contributed by atoms with Crippen LogP contribution in [-0.2, 0) is 10.0 Å². The first-order valence-electron chi connectivity index (χ1n) is 7.20. The summed E-state index contributed by atoms with van der Waals surface area (Å²) in [5.41, 5.74) is 0. The van der Waals surface area contributed by atoms with Crippen LogP contribution in [0.5, 0.6) is 0 Å². The molecule has 18 heavy (non-hydrogen) atoms. The first kappa shape index (κ1) is 15.9. The summed E-state index contributed by atoms with van der Waals surface area (Å²) < 4.78 is 24.6. The summed E-state index contributed by atoms with van der Waals surface area (Å²) in [6.07, 6.45) is 8.30. The predicted octanol–water partition coefficient (Wildman–Crippen LogP) is 1.83. The van der Waals surface area contributed by atoms with Crippen LogP contribution in [0.2, 0.25) is 0 Å². The number of unbranched alkanes of at least 4 members (excludes halogenated alkanes) is 1. The van der Waals surface area contributed by atoms with E-state index in [2.05, 4.69) is 12.2 Å². The third-order valence-corrected chi connectivity index (χ3v) is 4.86. The van der Waals surface area contributed by atoms with Crippen LogP contribution in [0.1, 0.15) is 45.4 Å². The lowest BCUT2D eigenvalue weighted by Gasteiger charge is -2.30. The molecule has 1 saturated heterocycles. The first-order chi connectivity index (χ1) is 8.54. The molecule has 1 aliphatic heterocycles. The summed E-state index contributed by atoms with van der Waals surface area (Å²) in [5, 5.41) is 3.40. The summed E-state index contributed by atoms with van der Waals surface area (Å²) >= 11 is 0. The van der Waals surface area contributed by atoms with E-state index in [1.54, 1.807) is 4.31 Å². The van der Waals surface area contributed by atoms with Gasteiger partial charge in [0.25, 0.3) is 0 Å². The normalized spacial score (nSPS) is 22.2. The monoisotopic (exact) mass is 276 g/mol. The molecular weight excluding hydrogens is 248 g/mol. The largest absolute Gasteiger partial charge is 0.317 e. The molecule has 0 amide bonds. The van der Waals surface area contributed by atoms with Gasteiger partial charge in [0.1, 0.15) is 0 Å². The topological polar surface area (TPSA) is 49.4 Å². The molecule has 1 atom stereocenters. The Kier molecular flexibility index (Phi) is 7.19. The highest BCUT2D eigenvalue weighted by molar-refractivity contribution is 7.88. The lowest BCUT2D eigenvalue weighted by atomic mass is 9.94. The fraction of sp³-hybridized carbons (Fsp3) is 1.00. The van der Waals surface area contributed by atoms with Crippen molar-refractivity contribution in [2.24, 2.45) is 5.92 Å². The van der Waals surface area contributed by atoms with E-state index in [0.717, 1.165) is 26.1 Å². The Morgan fingerprint density at radius 2 is 2.06 bits per heavy atom. The second kappa shape index (κ2) is 8.12. The van der Waals surface area contributed by atoms with Crippen LogP contribution in [0.15, 0.2) is 0 Å². The number of nitrogens with zero attached hydrogens (tertiary/aromatic N) is 1. The number of piperidine rings is 1. The number of sulfonamides is 1.